The van der Waals surface area contributed by atoms with Gasteiger partial charge in [-0.25, -0.2) is 0 Å². The fourth-order valence-corrected chi connectivity index (χ4v) is 2.05. The molecule has 0 aliphatic rings. The first-order valence-corrected chi connectivity index (χ1v) is 6.93. The van der Waals surface area contributed by atoms with Crippen molar-refractivity contribution in [3.8, 4) is 0 Å². The summed E-state index contributed by atoms with van der Waals surface area (Å²) in [6, 6.07) is 11.4. The highest BCUT2D eigenvalue weighted by Gasteiger charge is 2.13. The molecule has 1 atom stereocenters. The van der Waals surface area contributed by atoms with Crippen LogP contribution in [-0.4, -0.2) is 5.91 Å². The zero-order valence-corrected chi connectivity index (χ0v) is 12.4. The molecule has 0 unspecified atom stereocenters. The Morgan fingerprint density at radius 2 is 1.80 bits per heavy atom. The minimum absolute atomic E-state index is 0.0127. The molecule has 20 heavy (non-hydrogen) atoms. The summed E-state index contributed by atoms with van der Waals surface area (Å²) in [6.07, 6.45) is 3.81. The van der Waals surface area contributed by atoms with Gasteiger partial charge in [0.05, 0.1) is 6.04 Å². The number of carbonyl (C=O) groups is 1. The number of pyridine rings is 1. The molecule has 3 nitrogen and oxygen atoms in total. The zero-order chi connectivity index (χ0) is 14.5. The second kappa shape index (κ2) is 6.53. The van der Waals surface area contributed by atoms with Gasteiger partial charge in [-0.3, -0.25) is 4.79 Å². The Hall–Kier alpha value is -1.87. The second-order valence-electron chi connectivity index (χ2n) is 4.89. The Labute approximate surface area is 124 Å². The summed E-state index contributed by atoms with van der Waals surface area (Å²) >= 11 is 5.85. The van der Waals surface area contributed by atoms with Gasteiger partial charge in [0.15, 0.2) is 12.4 Å². The topological polar surface area (TPSA) is 33.0 Å². The molecule has 4 heteroatoms. The molecule has 0 saturated carbocycles. The molecule has 2 aromatic rings. The summed E-state index contributed by atoms with van der Waals surface area (Å²) in [5.41, 5.74) is 2.22. The number of halogens is 1. The number of nitrogens with zero attached hydrogens (tertiary/aromatic N) is 1. The van der Waals surface area contributed by atoms with Crippen LogP contribution in [0.5, 0.6) is 0 Å². The van der Waals surface area contributed by atoms with Crippen molar-refractivity contribution in [1.82, 2.24) is 5.32 Å². The highest BCUT2D eigenvalue weighted by Crippen LogP contribution is 2.15. The summed E-state index contributed by atoms with van der Waals surface area (Å²) < 4.78 is 1.86. The van der Waals surface area contributed by atoms with E-state index in [0.29, 0.717) is 11.6 Å². The third kappa shape index (κ3) is 4.07. The molecule has 1 amide bonds. The largest absolute Gasteiger partial charge is 0.344 e. The normalized spacial score (nSPS) is 11.9. The van der Waals surface area contributed by atoms with E-state index in [0.717, 1.165) is 5.56 Å². The highest BCUT2D eigenvalue weighted by atomic mass is 35.5. The van der Waals surface area contributed by atoms with E-state index in [1.54, 1.807) is 0 Å². The molecule has 1 aromatic heterocycles. The fraction of sp³-hybridized carbons (Fsp3) is 0.250. The van der Waals surface area contributed by atoms with Crippen molar-refractivity contribution in [3.05, 3.63) is 64.9 Å². The number of hydrogen-bond donors (Lipinski definition) is 1. The van der Waals surface area contributed by atoms with Crippen molar-refractivity contribution in [2.24, 2.45) is 0 Å². The minimum Gasteiger partial charge on any atom is -0.344 e. The average molecular weight is 290 g/mol. The van der Waals surface area contributed by atoms with E-state index in [-0.39, 0.29) is 11.9 Å². The Balaban J connectivity index is 1.93. The predicted molar refractivity (Wildman–Crippen MR) is 79.4 cm³/mol. The molecule has 1 heterocycles. The summed E-state index contributed by atoms with van der Waals surface area (Å²) in [5, 5.41) is 3.67. The first-order chi connectivity index (χ1) is 9.54. The Bertz CT molecular complexity index is 578. The van der Waals surface area contributed by atoms with Gasteiger partial charge in [-0.05, 0) is 37.1 Å². The van der Waals surface area contributed by atoms with Gasteiger partial charge in [-0.15, -0.1) is 0 Å². The summed E-state index contributed by atoms with van der Waals surface area (Å²) in [4.78, 5) is 12.0. The van der Waals surface area contributed by atoms with Crippen LogP contribution >= 0.6 is 11.6 Å². The molecular weight excluding hydrogens is 272 g/mol. The van der Waals surface area contributed by atoms with Crippen LogP contribution in [0.4, 0.5) is 0 Å². The number of nitrogens with one attached hydrogen (secondary N) is 1. The van der Waals surface area contributed by atoms with Gasteiger partial charge in [-0.2, -0.15) is 4.57 Å². The van der Waals surface area contributed by atoms with E-state index in [1.807, 2.05) is 67.2 Å². The second-order valence-corrected chi connectivity index (χ2v) is 5.33. The first kappa shape index (κ1) is 14.5. The zero-order valence-electron chi connectivity index (χ0n) is 11.6. The molecule has 0 spiro atoms. The molecule has 104 valence electrons. The standard InChI is InChI=1S/C16H17ClN2O/c1-12-7-9-19(10-8-12)11-16(20)18-13(2)14-3-5-15(17)6-4-14/h3-10,13H,11H2,1-2H3/p+1/t13-/m1/s1. The van der Waals surface area contributed by atoms with Crippen LogP contribution in [0.25, 0.3) is 0 Å². The third-order valence-electron chi connectivity index (χ3n) is 3.13. The number of aryl methyl sites for hydroxylation is 1. The van der Waals surface area contributed by atoms with Crippen LogP contribution in [0.15, 0.2) is 48.8 Å². The van der Waals surface area contributed by atoms with E-state index in [2.05, 4.69) is 5.32 Å². The van der Waals surface area contributed by atoms with Gasteiger partial charge in [0.1, 0.15) is 0 Å². The van der Waals surface area contributed by atoms with Crippen LogP contribution in [-0.2, 0) is 11.3 Å². The monoisotopic (exact) mass is 289 g/mol. The summed E-state index contributed by atoms with van der Waals surface area (Å²) in [6.45, 7) is 4.30. The molecule has 0 fully saturated rings. The van der Waals surface area contributed by atoms with Gasteiger partial charge in [0.2, 0.25) is 6.54 Å². The van der Waals surface area contributed by atoms with E-state index in [1.165, 1.54) is 5.56 Å². The van der Waals surface area contributed by atoms with E-state index >= 15 is 0 Å². The van der Waals surface area contributed by atoms with Gasteiger partial charge in [-0.1, -0.05) is 23.7 Å². The van der Waals surface area contributed by atoms with Gasteiger partial charge in [0.25, 0.3) is 5.91 Å². The van der Waals surface area contributed by atoms with Crippen molar-refractivity contribution < 1.29 is 9.36 Å². The van der Waals surface area contributed by atoms with Crippen molar-refractivity contribution >= 4 is 17.5 Å². The molecule has 1 aromatic carbocycles. The first-order valence-electron chi connectivity index (χ1n) is 6.55. The van der Waals surface area contributed by atoms with Crippen LogP contribution in [0.3, 0.4) is 0 Å². The van der Waals surface area contributed by atoms with Crippen LogP contribution < -0.4 is 9.88 Å². The van der Waals surface area contributed by atoms with Gasteiger partial charge in [0, 0.05) is 17.2 Å². The van der Waals surface area contributed by atoms with E-state index in [4.69, 9.17) is 11.6 Å². The maximum Gasteiger partial charge on any atom is 0.286 e. The SMILES string of the molecule is Cc1cc[n+](CC(=O)N[C@H](C)c2ccc(Cl)cc2)cc1. The average Bonchev–Trinajstić information content (AvgIpc) is 2.42. The predicted octanol–water partition coefficient (Wildman–Crippen LogP) is 2.81. The van der Waals surface area contributed by atoms with Crippen molar-refractivity contribution in [3.63, 3.8) is 0 Å². The van der Waals surface area contributed by atoms with Crippen molar-refractivity contribution in [2.75, 3.05) is 0 Å². The smallest absolute Gasteiger partial charge is 0.286 e. The number of hydrogen-bond acceptors (Lipinski definition) is 1. The lowest BCUT2D eigenvalue weighted by Crippen LogP contribution is -2.43. The van der Waals surface area contributed by atoms with Crippen LogP contribution in [0.2, 0.25) is 5.02 Å². The molecule has 0 aliphatic carbocycles. The molecular formula is C16H18ClN2O+. The fourth-order valence-electron chi connectivity index (χ4n) is 1.93. The molecule has 0 aliphatic heterocycles. The van der Waals surface area contributed by atoms with Gasteiger partial charge >= 0.3 is 0 Å². The summed E-state index contributed by atoms with van der Waals surface area (Å²) in [5.74, 6) is -0.0127. The molecule has 2 rings (SSSR count). The van der Waals surface area contributed by atoms with Crippen molar-refractivity contribution in [1.29, 1.82) is 0 Å². The number of benzene rings is 1. The quantitative estimate of drug-likeness (QED) is 0.863. The highest BCUT2D eigenvalue weighted by molar-refractivity contribution is 6.30. The Kier molecular flexibility index (Phi) is 4.74. The Morgan fingerprint density at radius 3 is 2.40 bits per heavy atom. The molecule has 1 N–H and O–H groups in total. The molecule has 0 saturated heterocycles. The lowest BCUT2D eigenvalue weighted by molar-refractivity contribution is -0.684. The van der Waals surface area contributed by atoms with E-state index < -0.39 is 0 Å². The molecule has 0 bridgehead atoms. The lowest BCUT2D eigenvalue weighted by atomic mass is 10.1. The minimum atomic E-state index is -0.0363. The molecule has 0 radical (unpaired) electrons. The number of rotatable bonds is 4. The third-order valence-corrected chi connectivity index (χ3v) is 3.38. The maximum atomic E-state index is 12.0. The van der Waals surface area contributed by atoms with Crippen LogP contribution in [0, 0.1) is 6.92 Å². The number of aromatic nitrogens is 1. The van der Waals surface area contributed by atoms with E-state index in [9.17, 15) is 4.79 Å². The Morgan fingerprint density at radius 1 is 1.20 bits per heavy atom. The number of amides is 1. The van der Waals surface area contributed by atoms with Gasteiger partial charge < -0.3 is 5.32 Å². The number of carbonyl (C=O) groups excluding carboxylic acids is 1. The maximum absolute atomic E-state index is 12.0. The summed E-state index contributed by atoms with van der Waals surface area (Å²) in [7, 11) is 0. The van der Waals surface area contributed by atoms with Crippen molar-refractivity contribution in [2.45, 2.75) is 26.4 Å². The lowest BCUT2D eigenvalue weighted by Gasteiger charge is -2.13. The van der Waals surface area contributed by atoms with Crippen LogP contribution in [0.1, 0.15) is 24.1 Å².